The zero-order valence-electron chi connectivity index (χ0n) is 15.7. The van der Waals surface area contributed by atoms with Gasteiger partial charge in [-0.3, -0.25) is 9.13 Å². The van der Waals surface area contributed by atoms with Gasteiger partial charge in [-0.05, 0) is 31.0 Å². The highest BCUT2D eigenvalue weighted by Gasteiger charge is 2.23. The number of hydrogen-bond acceptors (Lipinski definition) is 5. The van der Waals surface area contributed by atoms with Gasteiger partial charge in [-0.25, -0.2) is 14.8 Å². The monoisotopic (exact) mass is 352 g/mol. The minimum atomic E-state index is -0.0734. The van der Waals surface area contributed by atoms with Crippen LogP contribution in [0.25, 0.3) is 11.2 Å². The molecule has 7 heteroatoms. The first-order chi connectivity index (χ1) is 12.5. The Balaban J connectivity index is 1.63. The standard InChI is InChI=1S/C19H24N6O/c1-13-5-6-14(2)15(11-13)24-7-9-25(10-8-24)18-16-17(20-12-21-18)23(4)19(26)22(16)3/h5-6,11-12H,7-10H2,1-4H3. The molecule has 3 heterocycles. The van der Waals surface area contributed by atoms with E-state index >= 15 is 0 Å². The van der Waals surface area contributed by atoms with Crippen LogP contribution in [-0.4, -0.2) is 45.3 Å². The lowest BCUT2D eigenvalue weighted by Crippen LogP contribution is -2.47. The summed E-state index contributed by atoms with van der Waals surface area (Å²) in [6.07, 6.45) is 1.55. The second-order valence-corrected chi connectivity index (χ2v) is 7.03. The lowest BCUT2D eigenvalue weighted by atomic mass is 10.1. The quantitative estimate of drug-likeness (QED) is 0.701. The Morgan fingerprint density at radius 3 is 2.35 bits per heavy atom. The molecule has 0 radical (unpaired) electrons. The van der Waals surface area contributed by atoms with Gasteiger partial charge in [0.15, 0.2) is 11.5 Å². The normalized spacial score (nSPS) is 15.1. The molecule has 2 aromatic heterocycles. The Hall–Kier alpha value is -2.83. The summed E-state index contributed by atoms with van der Waals surface area (Å²) < 4.78 is 3.22. The number of piperazine rings is 1. The second kappa shape index (κ2) is 6.16. The molecule has 1 aromatic carbocycles. The van der Waals surface area contributed by atoms with Crippen molar-refractivity contribution in [3.8, 4) is 0 Å². The van der Waals surface area contributed by atoms with E-state index in [4.69, 9.17) is 0 Å². The number of anilines is 2. The molecule has 0 saturated carbocycles. The molecule has 136 valence electrons. The van der Waals surface area contributed by atoms with E-state index in [1.165, 1.54) is 16.8 Å². The summed E-state index contributed by atoms with van der Waals surface area (Å²) in [5, 5.41) is 0. The van der Waals surface area contributed by atoms with Crippen molar-refractivity contribution in [2.24, 2.45) is 14.1 Å². The molecule has 1 aliphatic rings. The summed E-state index contributed by atoms with van der Waals surface area (Å²) in [6.45, 7) is 7.87. The molecular weight excluding hydrogens is 328 g/mol. The van der Waals surface area contributed by atoms with Crippen molar-refractivity contribution in [3.05, 3.63) is 46.1 Å². The summed E-state index contributed by atoms with van der Waals surface area (Å²) >= 11 is 0. The number of aryl methyl sites for hydroxylation is 4. The van der Waals surface area contributed by atoms with E-state index in [9.17, 15) is 4.79 Å². The minimum absolute atomic E-state index is 0.0734. The molecule has 0 spiro atoms. The average Bonchev–Trinajstić information content (AvgIpc) is 2.88. The van der Waals surface area contributed by atoms with Crippen molar-refractivity contribution in [3.63, 3.8) is 0 Å². The van der Waals surface area contributed by atoms with Crippen molar-refractivity contribution in [1.29, 1.82) is 0 Å². The summed E-state index contributed by atoms with van der Waals surface area (Å²) in [5.74, 6) is 0.843. The molecule has 0 atom stereocenters. The number of fused-ring (bicyclic) bond motifs is 1. The van der Waals surface area contributed by atoms with Gasteiger partial charge in [0.2, 0.25) is 0 Å². The zero-order valence-corrected chi connectivity index (χ0v) is 15.7. The fourth-order valence-corrected chi connectivity index (χ4v) is 3.77. The van der Waals surface area contributed by atoms with Crippen molar-refractivity contribution in [2.45, 2.75) is 13.8 Å². The first-order valence-electron chi connectivity index (χ1n) is 8.91. The number of aromatic nitrogens is 4. The molecule has 3 aromatic rings. The van der Waals surface area contributed by atoms with Crippen LogP contribution in [0.4, 0.5) is 11.5 Å². The number of benzene rings is 1. The van der Waals surface area contributed by atoms with E-state index in [1.54, 1.807) is 29.6 Å². The van der Waals surface area contributed by atoms with Crippen LogP contribution in [0.2, 0.25) is 0 Å². The maximum Gasteiger partial charge on any atom is 0.329 e. The Morgan fingerprint density at radius 2 is 1.62 bits per heavy atom. The third-order valence-electron chi connectivity index (χ3n) is 5.30. The van der Waals surface area contributed by atoms with Crippen LogP contribution in [0, 0.1) is 13.8 Å². The third kappa shape index (κ3) is 2.55. The average molecular weight is 352 g/mol. The van der Waals surface area contributed by atoms with Gasteiger partial charge in [0, 0.05) is 46.0 Å². The van der Waals surface area contributed by atoms with Crippen molar-refractivity contribution in [1.82, 2.24) is 19.1 Å². The summed E-state index contributed by atoms with van der Waals surface area (Å²) in [4.78, 5) is 25.7. The van der Waals surface area contributed by atoms with Crippen LogP contribution in [0.5, 0.6) is 0 Å². The van der Waals surface area contributed by atoms with E-state index in [2.05, 4.69) is 51.8 Å². The van der Waals surface area contributed by atoms with Crippen LogP contribution < -0.4 is 15.5 Å². The second-order valence-electron chi connectivity index (χ2n) is 7.03. The fourth-order valence-electron chi connectivity index (χ4n) is 3.77. The van der Waals surface area contributed by atoms with Gasteiger partial charge in [0.05, 0.1) is 0 Å². The number of imidazole rings is 1. The van der Waals surface area contributed by atoms with Crippen LogP contribution >= 0.6 is 0 Å². The Bertz CT molecular complexity index is 1030. The Morgan fingerprint density at radius 1 is 0.923 bits per heavy atom. The SMILES string of the molecule is Cc1ccc(C)c(N2CCN(c3ncnc4c3n(C)c(=O)n4C)CC2)c1. The van der Waals surface area contributed by atoms with Crippen molar-refractivity contribution >= 4 is 22.7 Å². The third-order valence-corrected chi connectivity index (χ3v) is 5.30. The molecular formula is C19H24N6O. The van der Waals surface area contributed by atoms with Gasteiger partial charge in [-0.2, -0.15) is 0 Å². The molecule has 0 bridgehead atoms. The highest BCUT2D eigenvalue weighted by Crippen LogP contribution is 2.26. The minimum Gasteiger partial charge on any atom is -0.368 e. The molecule has 0 aliphatic carbocycles. The molecule has 0 amide bonds. The highest BCUT2D eigenvalue weighted by atomic mass is 16.1. The van der Waals surface area contributed by atoms with Gasteiger partial charge in [0.25, 0.3) is 0 Å². The highest BCUT2D eigenvalue weighted by molar-refractivity contribution is 5.84. The maximum atomic E-state index is 12.3. The van der Waals surface area contributed by atoms with E-state index in [1.807, 2.05) is 0 Å². The van der Waals surface area contributed by atoms with E-state index in [0.717, 1.165) is 37.5 Å². The van der Waals surface area contributed by atoms with Crippen LogP contribution in [0.3, 0.4) is 0 Å². The lowest BCUT2D eigenvalue weighted by Gasteiger charge is -2.37. The zero-order chi connectivity index (χ0) is 18.4. The number of rotatable bonds is 2. The number of nitrogens with zero attached hydrogens (tertiary/aromatic N) is 6. The van der Waals surface area contributed by atoms with E-state index in [-0.39, 0.29) is 5.69 Å². The summed E-state index contributed by atoms with van der Waals surface area (Å²) in [7, 11) is 3.53. The molecule has 1 fully saturated rings. The lowest BCUT2D eigenvalue weighted by molar-refractivity contribution is 0.646. The molecule has 4 rings (SSSR count). The van der Waals surface area contributed by atoms with Gasteiger partial charge in [-0.1, -0.05) is 12.1 Å². The molecule has 1 saturated heterocycles. The smallest absolute Gasteiger partial charge is 0.329 e. The molecule has 0 N–H and O–H groups in total. The van der Waals surface area contributed by atoms with Crippen LogP contribution in [-0.2, 0) is 14.1 Å². The van der Waals surface area contributed by atoms with Gasteiger partial charge in [0.1, 0.15) is 11.8 Å². The predicted molar refractivity (Wildman–Crippen MR) is 104 cm³/mol. The van der Waals surface area contributed by atoms with Crippen molar-refractivity contribution < 1.29 is 0 Å². The molecule has 26 heavy (non-hydrogen) atoms. The van der Waals surface area contributed by atoms with E-state index in [0.29, 0.717) is 5.65 Å². The molecule has 1 aliphatic heterocycles. The largest absolute Gasteiger partial charge is 0.368 e. The predicted octanol–water partition coefficient (Wildman–Crippen LogP) is 1.61. The molecule has 0 unspecified atom stereocenters. The van der Waals surface area contributed by atoms with Crippen LogP contribution in [0.1, 0.15) is 11.1 Å². The Labute approximate surface area is 152 Å². The van der Waals surface area contributed by atoms with Gasteiger partial charge < -0.3 is 9.80 Å². The van der Waals surface area contributed by atoms with Gasteiger partial charge in [-0.15, -0.1) is 0 Å². The maximum absolute atomic E-state index is 12.3. The topological polar surface area (TPSA) is 59.2 Å². The first-order valence-corrected chi connectivity index (χ1v) is 8.91. The molecule has 7 nitrogen and oxygen atoms in total. The van der Waals surface area contributed by atoms with Crippen LogP contribution in [0.15, 0.2) is 29.3 Å². The number of hydrogen-bond donors (Lipinski definition) is 0. The Kier molecular flexibility index (Phi) is 3.94. The summed E-state index contributed by atoms with van der Waals surface area (Å²) in [5.41, 5.74) is 5.31. The fraction of sp³-hybridized carbons (Fsp3) is 0.421. The van der Waals surface area contributed by atoms with Gasteiger partial charge >= 0.3 is 5.69 Å². The van der Waals surface area contributed by atoms with Crippen molar-refractivity contribution in [2.75, 3.05) is 36.0 Å². The van der Waals surface area contributed by atoms with E-state index < -0.39 is 0 Å². The summed E-state index contributed by atoms with van der Waals surface area (Å²) in [6, 6.07) is 6.60. The first kappa shape index (κ1) is 16.6.